The SMILES string of the molecule is Cc1ccc(-c2nnc(SCCCn3c(=O)c4c(ncn4C)n(C)c3=O)o2)cc1C. The quantitative estimate of drug-likeness (QED) is 0.344. The molecule has 30 heavy (non-hydrogen) atoms. The largest absolute Gasteiger partial charge is 0.411 e. The fraction of sp³-hybridized carbons (Fsp3) is 0.350. The molecule has 0 radical (unpaired) electrons. The van der Waals surface area contributed by atoms with E-state index >= 15 is 0 Å². The van der Waals surface area contributed by atoms with Gasteiger partial charge < -0.3 is 8.98 Å². The van der Waals surface area contributed by atoms with Crippen molar-refractivity contribution in [2.45, 2.75) is 32.0 Å². The number of rotatable bonds is 6. The van der Waals surface area contributed by atoms with E-state index in [1.165, 1.54) is 32.8 Å². The van der Waals surface area contributed by atoms with Crippen molar-refractivity contribution >= 4 is 22.9 Å². The van der Waals surface area contributed by atoms with Crippen LogP contribution >= 0.6 is 11.8 Å². The molecule has 0 saturated carbocycles. The summed E-state index contributed by atoms with van der Waals surface area (Å²) >= 11 is 1.40. The number of hydrogen-bond acceptors (Lipinski definition) is 7. The third-order valence-electron chi connectivity index (χ3n) is 5.11. The molecule has 4 aromatic rings. The molecule has 0 saturated heterocycles. The number of nitrogens with zero attached hydrogens (tertiary/aromatic N) is 6. The molecule has 0 aliphatic carbocycles. The smallest absolute Gasteiger partial charge is 0.332 e. The molecular weight excluding hydrogens is 404 g/mol. The van der Waals surface area contributed by atoms with Crippen LogP contribution in [-0.4, -0.2) is 34.6 Å². The van der Waals surface area contributed by atoms with E-state index in [-0.39, 0.29) is 11.2 Å². The normalized spacial score (nSPS) is 11.5. The van der Waals surface area contributed by atoms with Gasteiger partial charge >= 0.3 is 5.69 Å². The minimum atomic E-state index is -0.369. The highest BCUT2D eigenvalue weighted by molar-refractivity contribution is 7.99. The second kappa shape index (κ2) is 7.94. The number of benzene rings is 1. The van der Waals surface area contributed by atoms with Crippen molar-refractivity contribution in [2.75, 3.05) is 5.75 Å². The van der Waals surface area contributed by atoms with Gasteiger partial charge in [-0.05, 0) is 43.5 Å². The highest BCUT2D eigenvalue weighted by Gasteiger charge is 2.15. The van der Waals surface area contributed by atoms with Crippen LogP contribution in [-0.2, 0) is 20.6 Å². The Morgan fingerprint density at radius 3 is 2.67 bits per heavy atom. The molecule has 0 atom stereocenters. The fourth-order valence-corrected chi connectivity index (χ4v) is 3.92. The van der Waals surface area contributed by atoms with E-state index in [4.69, 9.17) is 4.42 Å². The summed E-state index contributed by atoms with van der Waals surface area (Å²) in [6, 6.07) is 6.01. The first-order valence-electron chi connectivity index (χ1n) is 9.51. The fourth-order valence-electron chi connectivity index (χ4n) is 3.23. The molecule has 9 nitrogen and oxygen atoms in total. The second-order valence-electron chi connectivity index (χ2n) is 7.20. The van der Waals surface area contributed by atoms with Crippen molar-refractivity contribution in [1.82, 2.24) is 28.9 Å². The molecule has 0 N–H and O–H groups in total. The van der Waals surface area contributed by atoms with Crippen molar-refractivity contribution in [3.63, 3.8) is 0 Å². The highest BCUT2D eigenvalue weighted by Crippen LogP contribution is 2.25. The van der Waals surface area contributed by atoms with Crippen LogP contribution in [0.15, 0.2) is 43.8 Å². The summed E-state index contributed by atoms with van der Waals surface area (Å²) in [5.74, 6) is 1.11. The summed E-state index contributed by atoms with van der Waals surface area (Å²) in [5.41, 5.74) is 3.37. The van der Waals surface area contributed by atoms with Gasteiger partial charge in [-0.25, -0.2) is 9.78 Å². The molecule has 1 aromatic carbocycles. The van der Waals surface area contributed by atoms with Crippen LogP contribution in [0.2, 0.25) is 0 Å². The van der Waals surface area contributed by atoms with Gasteiger partial charge in [0.2, 0.25) is 5.89 Å². The third-order valence-corrected chi connectivity index (χ3v) is 6.02. The first kappa shape index (κ1) is 20.1. The van der Waals surface area contributed by atoms with Crippen molar-refractivity contribution in [3.05, 3.63) is 56.5 Å². The lowest BCUT2D eigenvalue weighted by Crippen LogP contribution is -2.39. The maximum atomic E-state index is 12.7. The van der Waals surface area contributed by atoms with Crippen LogP contribution < -0.4 is 11.2 Å². The Balaban J connectivity index is 1.43. The van der Waals surface area contributed by atoms with E-state index in [1.54, 1.807) is 18.7 Å². The molecule has 3 heterocycles. The minimum absolute atomic E-state index is 0.303. The molecule has 3 aromatic heterocycles. The first-order valence-corrected chi connectivity index (χ1v) is 10.5. The molecule has 0 spiro atoms. The van der Waals surface area contributed by atoms with Gasteiger partial charge in [0.15, 0.2) is 11.2 Å². The average molecular weight is 427 g/mol. The van der Waals surface area contributed by atoms with Gasteiger partial charge in [0.1, 0.15) is 0 Å². The summed E-state index contributed by atoms with van der Waals surface area (Å²) in [7, 11) is 3.36. The topological polar surface area (TPSA) is 101 Å². The monoisotopic (exact) mass is 426 g/mol. The van der Waals surface area contributed by atoms with Crippen LogP contribution in [0.3, 0.4) is 0 Å². The number of aryl methyl sites for hydroxylation is 4. The zero-order valence-electron chi connectivity index (χ0n) is 17.2. The number of aromatic nitrogens is 6. The Bertz CT molecular complexity index is 1350. The molecule has 0 unspecified atom stereocenters. The molecule has 156 valence electrons. The third kappa shape index (κ3) is 3.58. The summed E-state index contributed by atoms with van der Waals surface area (Å²) in [4.78, 5) is 29.4. The van der Waals surface area contributed by atoms with Crippen LogP contribution in [0.4, 0.5) is 0 Å². The summed E-state index contributed by atoms with van der Waals surface area (Å²) in [6.45, 7) is 4.40. The minimum Gasteiger partial charge on any atom is -0.411 e. The Labute approximate surface area is 176 Å². The van der Waals surface area contributed by atoms with E-state index in [2.05, 4.69) is 22.1 Å². The Morgan fingerprint density at radius 1 is 1.10 bits per heavy atom. The highest BCUT2D eigenvalue weighted by atomic mass is 32.2. The summed E-state index contributed by atoms with van der Waals surface area (Å²) in [5, 5.41) is 8.66. The maximum absolute atomic E-state index is 12.7. The zero-order chi connectivity index (χ0) is 21.4. The Morgan fingerprint density at radius 2 is 1.90 bits per heavy atom. The van der Waals surface area contributed by atoms with Gasteiger partial charge in [0, 0.05) is 32.0 Å². The number of hydrogen-bond donors (Lipinski definition) is 0. The maximum Gasteiger partial charge on any atom is 0.332 e. The predicted octanol–water partition coefficient (Wildman–Crippen LogP) is 2.28. The van der Waals surface area contributed by atoms with E-state index in [9.17, 15) is 9.59 Å². The van der Waals surface area contributed by atoms with Crippen molar-refractivity contribution in [1.29, 1.82) is 0 Å². The van der Waals surface area contributed by atoms with Crippen molar-refractivity contribution in [3.8, 4) is 11.5 Å². The molecule has 0 aliphatic rings. The van der Waals surface area contributed by atoms with Gasteiger partial charge in [0.05, 0.1) is 6.33 Å². The van der Waals surface area contributed by atoms with Crippen molar-refractivity contribution in [2.24, 2.45) is 14.1 Å². The standard InChI is InChI=1S/C20H22N6O3S/c1-12-6-7-14(10-13(12)2)17-22-23-19(29-17)30-9-5-8-26-18(27)15-16(21-11-24(15)3)25(4)20(26)28/h6-7,10-11H,5,8-9H2,1-4H3. The van der Waals surface area contributed by atoms with Crippen LogP contribution in [0.1, 0.15) is 17.5 Å². The lowest BCUT2D eigenvalue weighted by Gasteiger charge is -2.08. The van der Waals surface area contributed by atoms with Crippen LogP contribution in [0.25, 0.3) is 22.6 Å². The first-order chi connectivity index (χ1) is 14.4. The van der Waals surface area contributed by atoms with Gasteiger partial charge in [0.25, 0.3) is 10.8 Å². The molecule has 10 heteroatoms. The van der Waals surface area contributed by atoms with Crippen molar-refractivity contribution < 1.29 is 4.42 Å². The predicted molar refractivity (Wildman–Crippen MR) is 115 cm³/mol. The Kier molecular flexibility index (Phi) is 5.33. The van der Waals surface area contributed by atoms with E-state index in [0.29, 0.717) is 41.0 Å². The van der Waals surface area contributed by atoms with Gasteiger partial charge in [-0.3, -0.25) is 13.9 Å². The number of fused-ring (bicyclic) bond motifs is 1. The lowest BCUT2D eigenvalue weighted by molar-refractivity contribution is 0.465. The van der Waals surface area contributed by atoms with Gasteiger partial charge in [-0.15, -0.1) is 10.2 Å². The summed E-state index contributed by atoms with van der Waals surface area (Å²) < 4.78 is 10.0. The summed E-state index contributed by atoms with van der Waals surface area (Å²) in [6.07, 6.45) is 2.14. The second-order valence-corrected chi connectivity index (χ2v) is 8.25. The molecular formula is C20H22N6O3S. The lowest BCUT2D eigenvalue weighted by atomic mass is 10.1. The average Bonchev–Trinajstić information content (AvgIpc) is 3.35. The van der Waals surface area contributed by atoms with Crippen LogP contribution in [0, 0.1) is 13.8 Å². The molecule has 0 amide bonds. The zero-order valence-corrected chi connectivity index (χ0v) is 18.1. The van der Waals surface area contributed by atoms with E-state index in [0.717, 1.165) is 11.1 Å². The molecule has 4 rings (SSSR count). The molecule has 0 aliphatic heterocycles. The number of imidazole rings is 1. The van der Waals surface area contributed by atoms with Gasteiger partial charge in [-0.1, -0.05) is 17.8 Å². The molecule has 0 fully saturated rings. The van der Waals surface area contributed by atoms with E-state index < -0.39 is 0 Å². The Hall–Kier alpha value is -3.14. The molecule has 0 bridgehead atoms. The van der Waals surface area contributed by atoms with E-state index in [1.807, 2.05) is 25.1 Å². The van der Waals surface area contributed by atoms with Gasteiger partial charge in [-0.2, -0.15) is 0 Å². The number of thioether (sulfide) groups is 1. The van der Waals surface area contributed by atoms with Crippen LogP contribution in [0.5, 0.6) is 0 Å².